The number of nitrogens with two attached hydrogens (primary N) is 1. The fourth-order valence-corrected chi connectivity index (χ4v) is 2.25. The van der Waals surface area contributed by atoms with Crippen molar-refractivity contribution in [1.29, 1.82) is 0 Å². The highest BCUT2D eigenvalue weighted by atomic mass is 15.1. The van der Waals surface area contributed by atoms with Gasteiger partial charge in [-0.3, -0.25) is 0 Å². The second-order valence-corrected chi connectivity index (χ2v) is 4.52. The number of hydrogen-bond donors (Lipinski definition) is 1. The molecule has 1 aromatic carbocycles. The fraction of sp³-hybridized carbons (Fsp3) is 0.214. The lowest BCUT2D eigenvalue weighted by atomic mass is 10.1. The van der Waals surface area contributed by atoms with Crippen LogP contribution in [0, 0.1) is 0 Å². The lowest BCUT2D eigenvalue weighted by Gasteiger charge is -2.15. The third-order valence-electron chi connectivity index (χ3n) is 3.17. The molecule has 2 aromatic rings. The molecular weight excluding hydrogens is 210 g/mol. The monoisotopic (exact) mass is 225 g/mol. The Morgan fingerprint density at radius 3 is 3.06 bits per heavy atom. The Labute approximate surface area is 101 Å². The van der Waals surface area contributed by atoms with Crippen molar-refractivity contribution in [1.82, 2.24) is 9.55 Å². The van der Waals surface area contributed by atoms with Crippen molar-refractivity contribution in [3.8, 4) is 11.3 Å². The minimum Gasteiger partial charge on any atom is -0.399 e. The lowest BCUT2D eigenvalue weighted by Crippen LogP contribution is -2.07. The lowest BCUT2D eigenvalue weighted by molar-refractivity contribution is 0.675. The normalized spacial score (nSPS) is 14.3. The van der Waals surface area contributed by atoms with Gasteiger partial charge >= 0.3 is 0 Å². The van der Waals surface area contributed by atoms with E-state index in [0.29, 0.717) is 0 Å². The summed E-state index contributed by atoms with van der Waals surface area (Å²) in [6.07, 6.45) is 5.18. The summed E-state index contributed by atoms with van der Waals surface area (Å²) in [5.41, 5.74) is 10.3. The van der Waals surface area contributed by atoms with E-state index in [-0.39, 0.29) is 0 Å². The quantitative estimate of drug-likeness (QED) is 0.758. The average Bonchev–Trinajstić information content (AvgIpc) is 2.71. The number of fused-ring (bicyclic) bond motifs is 1. The smallest absolute Gasteiger partial charge is 0.133 e. The number of hydrogen-bond acceptors (Lipinski definition) is 2. The third-order valence-corrected chi connectivity index (χ3v) is 3.17. The minimum atomic E-state index is 0.792. The molecule has 0 fully saturated rings. The van der Waals surface area contributed by atoms with Crippen molar-refractivity contribution in [3.05, 3.63) is 41.9 Å². The van der Waals surface area contributed by atoms with Crippen LogP contribution in [0.25, 0.3) is 17.3 Å². The zero-order valence-electron chi connectivity index (χ0n) is 9.85. The molecule has 1 aliphatic rings. The van der Waals surface area contributed by atoms with Crippen LogP contribution in [0.5, 0.6) is 0 Å². The Morgan fingerprint density at radius 2 is 2.24 bits per heavy atom. The molecule has 2 heterocycles. The molecular formula is C14H15N3. The molecule has 0 saturated heterocycles. The summed E-state index contributed by atoms with van der Waals surface area (Å²) in [5.74, 6) is 1.05. The van der Waals surface area contributed by atoms with Crippen molar-refractivity contribution in [3.63, 3.8) is 0 Å². The molecule has 0 radical (unpaired) electrons. The molecule has 3 rings (SSSR count). The van der Waals surface area contributed by atoms with Gasteiger partial charge in [0.15, 0.2) is 0 Å². The first-order valence-electron chi connectivity index (χ1n) is 5.82. The average molecular weight is 225 g/mol. The highest BCUT2D eigenvalue weighted by Crippen LogP contribution is 2.27. The van der Waals surface area contributed by atoms with E-state index < -0.39 is 0 Å². The molecule has 0 unspecified atom stereocenters. The molecule has 0 spiro atoms. The summed E-state index contributed by atoms with van der Waals surface area (Å²) in [4.78, 5) is 4.46. The van der Waals surface area contributed by atoms with E-state index in [4.69, 9.17) is 5.73 Å². The Morgan fingerprint density at radius 1 is 1.35 bits per heavy atom. The van der Waals surface area contributed by atoms with Crippen LogP contribution in [-0.4, -0.2) is 9.55 Å². The fourth-order valence-electron chi connectivity index (χ4n) is 2.25. The summed E-state index contributed by atoms with van der Waals surface area (Å²) in [6, 6.07) is 7.96. The number of nitrogen functional groups attached to an aromatic ring is 1. The van der Waals surface area contributed by atoms with Gasteiger partial charge in [-0.1, -0.05) is 17.7 Å². The number of nitrogens with zero attached hydrogens (tertiary/aromatic N) is 2. The van der Waals surface area contributed by atoms with Gasteiger partial charge < -0.3 is 10.3 Å². The summed E-state index contributed by atoms with van der Waals surface area (Å²) in [5, 5.41) is 0. The van der Waals surface area contributed by atoms with Crippen LogP contribution in [0.2, 0.25) is 0 Å². The standard InChI is InChI=1S/C14H15N3/c1-10-5-6-17-13(9-16-14(17)7-10)11-3-2-4-12(15)8-11/h2-4,7-9H,5-6,15H2,1H3. The predicted octanol–water partition coefficient (Wildman–Crippen LogP) is 2.94. The van der Waals surface area contributed by atoms with E-state index >= 15 is 0 Å². The molecule has 2 N–H and O–H groups in total. The van der Waals surface area contributed by atoms with Crippen molar-refractivity contribution >= 4 is 11.8 Å². The highest BCUT2D eigenvalue weighted by Gasteiger charge is 2.13. The maximum absolute atomic E-state index is 5.82. The maximum atomic E-state index is 5.82. The summed E-state index contributed by atoms with van der Waals surface area (Å²) in [6.45, 7) is 3.15. The molecule has 3 heteroatoms. The molecule has 0 bridgehead atoms. The van der Waals surface area contributed by atoms with Gasteiger partial charge in [0.05, 0.1) is 11.9 Å². The molecule has 1 aliphatic heterocycles. The van der Waals surface area contributed by atoms with Crippen LogP contribution < -0.4 is 5.73 Å². The Hall–Kier alpha value is -2.03. The van der Waals surface area contributed by atoms with Crippen LogP contribution in [0.15, 0.2) is 36.0 Å². The largest absolute Gasteiger partial charge is 0.399 e. The van der Waals surface area contributed by atoms with Crippen molar-refractivity contribution in [2.45, 2.75) is 19.9 Å². The first kappa shape index (κ1) is 10.1. The minimum absolute atomic E-state index is 0.792. The van der Waals surface area contributed by atoms with Gasteiger partial charge in [0.1, 0.15) is 5.82 Å². The van der Waals surface area contributed by atoms with Gasteiger partial charge in [-0.25, -0.2) is 4.98 Å². The topological polar surface area (TPSA) is 43.8 Å². The Balaban J connectivity index is 2.12. The molecule has 0 amide bonds. The SMILES string of the molecule is CC1=Cc2ncc(-c3cccc(N)c3)n2CC1. The molecule has 17 heavy (non-hydrogen) atoms. The Bertz CT molecular complexity index is 593. The number of aromatic nitrogens is 2. The van der Waals surface area contributed by atoms with Crippen molar-refractivity contribution in [2.24, 2.45) is 0 Å². The van der Waals surface area contributed by atoms with Crippen LogP contribution in [0.3, 0.4) is 0 Å². The van der Waals surface area contributed by atoms with Gasteiger partial charge in [0, 0.05) is 17.8 Å². The predicted molar refractivity (Wildman–Crippen MR) is 70.3 cm³/mol. The summed E-state index contributed by atoms with van der Waals surface area (Å²) < 4.78 is 2.25. The van der Waals surface area contributed by atoms with Gasteiger partial charge in [0.25, 0.3) is 0 Å². The van der Waals surface area contributed by atoms with Gasteiger partial charge in [0.2, 0.25) is 0 Å². The number of allylic oxidation sites excluding steroid dienone is 1. The highest BCUT2D eigenvalue weighted by molar-refractivity contribution is 5.66. The first-order valence-corrected chi connectivity index (χ1v) is 5.82. The van der Waals surface area contributed by atoms with Crippen LogP contribution >= 0.6 is 0 Å². The number of imidazole rings is 1. The Kier molecular flexibility index (Phi) is 2.25. The third kappa shape index (κ3) is 1.73. The molecule has 86 valence electrons. The van der Waals surface area contributed by atoms with E-state index in [9.17, 15) is 0 Å². The summed E-state index contributed by atoms with van der Waals surface area (Å²) in [7, 11) is 0. The first-order chi connectivity index (χ1) is 8.24. The molecule has 3 nitrogen and oxygen atoms in total. The van der Waals surface area contributed by atoms with Gasteiger partial charge in [-0.15, -0.1) is 0 Å². The van der Waals surface area contributed by atoms with Crippen molar-refractivity contribution < 1.29 is 0 Å². The molecule has 0 saturated carbocycles. The van der Waals surface area contributed by atoms with E-state index in [1.165, 1.54) is 5.57 Å². The number of anilines is 1. The van der Waals surface area contributed by atoms with Crippen LogP contribution in [0.4, 0.5) is 5.69 Å². The zero-order valence-corrected chi connectivity index (χ0v) is 9.85. The number of rotatable bonds is 1. The zero-order chi connectivity index (χ0) is 11.8. The molecule has 0 atom stereocenters. The van der Waals surface area contributed by atoms with Crippen molar-refractivity contribution in [2.75, 3.05) is 5.73 Å². The summed E-state index contributed by atoms with van der Waals surface area (Å²) >= 11 is 0. The van der Waals surface area contributed by atoms with E-state index in [0.717, 1.165) is 35.7 Å². The van der Waals surface area contributed by atoms with Crippen LogP contribution in [-0.2, 0) is 6.54 Å². The van der Waals surface area contributed by atoms with Crippen LogP contribution in [0.1, 0.15) is 19.2 Å². The molecule has 1 aromatic heterocycles. The maximum Gasteiger partial charge on any atom is 0.133 e. The molecule has 0 aliphatic carbocycles. The van der Waals surface area contributed by atoms with E-state index in [1.807, 2.05) is 24.4 Å². The van der Waals surface area contributed by atoms with E-state index in [2.05, 4.69) is 28.6 Å². The van der Waals surface area contributed by atoms with Gasteiger partial charge in [-0.05, 0) is 31.6 Å². The number of benzene rings is 1. The second kappa shape index (κ2) is 3.77. The second-order valence-electron chi connectivity index (χ2n) is 4.52. The van der Waals surface area contributed by atoms with E-state index in [1.54, 1.807) is 0 Å². The van der Waals surface area contributed by atoms with Gasteiger partial charge in [-0.2, -0.15) is 0 Å².